The first-order chi connectivity index (χ1) is 9.36. The van der Waals surface area contributed by atoms with Crippen LogP contribution in [0.2, 0.25) is 0 Å². The van der Waals surface area contributed by atoms with Crippen molar-refractivity contribution < 1.29 is 4.74 Å². The molecule has 0 aliphatic rings. The molecule has 0 aliphatic heterocycles. The Kier molecular flexibility index (Phi) is 8.87. The van der Waals surface area contributed by atoms with E-state index in [1.165, 1.54) is 44.1 Å². The quantitative estimate of drug-likeness (QED) is 0.374. The minimum atomic E-state index is 0.832. The molecule has 0 fully saturated rings. The van der Waals surface area contributed by atoms with Crippen LogP contribution >= 0.6 is 0 Å². The first-order valence-electron chi connectivity index (χ1n) is 7.69. The van der Waals surface area contributed by atoms with Crippen molar-refractivity contribution in [2.75, 3.05) is 6.61 Å². The molecule has 1 aromatic carbocycles. The lowest BCUT2D eigenvalue weighted by molar-refractivity contribution is 0.309. The van der Waals surface area contributed by atoms with Gasteiger partial charge in [0.2, 0.25) is 0 Å². The third kappa shape index (κ3) is 7.71. The summed E-state index contributed by atoms with van der Waals surface area (Å²) < 4.78 is 5.66. The number of ether oxygens (including phenoxy) is 1. The van der Waals surface area contributed by atoms with Crippen LogP contribution < -0.4 is 4.74 Å². The second-order valence-electron chi connectivity index (χ2n) is 5.09. The van der Waals surface area contributed by atoms with Gasteiger partial charge in [0.1, 0.15) is 5.75 Å². The number of unbranched alkanes of at least 4 members (excludes halogenated alkanes) is 5. The van der Waals surface area contributed by atoms with Crippen LogP contribution in [0.1, 0.15) is 57.4 Å². The summed E-state index contributed by atoms with van der Waals surface area (Å²) in [5, 5.41) is 0. The maximum absolute atomic E-state index is 5.66. The van der Waals surface area contributed by atoms with Crippen LogP contribution in [0.4, 0.5) is 0 Å². The zero-order valence-corrected chi connectivity index (χ0v) is 12.4. The van der Waals surface area contributed by atoms with E-state index in [9.17, 15) is 0 Å². The van der Waals surface area contributed by atoms with Crippen LogP contribution in [-0.4, -0.2) is 6.61 Å². The summed E-state index contributed by atoms with van der Waals surface area (Å²) in [6, 6.07) is 8.60. The van der Waals surface area contributed by atoms with Crippen molar-refractivity contribution >= 4 is 0 Å². The molecule has 0 radical (unpaired) electrons. The van der Waals surface area contributed by atoms with Gasteiger partial charge in [-0.3, -0.25) is 0 Å². The molecule has 0 heterocycles. The Balaban J connectivity index is 2.15. The molecular formula is C18H28O. The van der Waals surface area contributed by atoms with Gasteiger partial charge in [-0.25, -0.2) is 0 Å². The highest BCUT2D eigenvalue weighted by molar-refractivity contribution is 5.27. The summed E-state index contributed by atoms with van der Waals surface area (Å²) in [5.41, 5.74) is 1.42. The summed E-state index contributed by atoms with van der Waals surface area (Å²) in [7, 11) is 0. The van der Waals surface area contributed by atoms with Crippen molar-refractivity contribution in [2.24, 2.45) is 0 Å². The number of aryl methyl sites for hydroxylation is 1. The molecule has 106 valence electrons. The first-order valence-corrected chi connectivity index (χ1v) is 7.69. The van der Waals surface area contributed by atoms with Gasteiger partial charge < -0.3 is 4.74 Å². The molecule has 1 heteroatoms. The molecule has 1 nitrogen and oxygen atoms in total. The Morgan fingerprint density at radius 2 is 1.74 bits per heavy atom. The van der Waals surface area contributed by atoms with Gasteiger partial charge in [-0.2, -0.15) is 0 Å². The van der Waals surface area contributed by atoms with Crippen LogP contribution in [-0.2, 0) is 6.42 Å². The lowest BCUT2D eigenvalue weighted by atomic mass is 10.1. The lowest BCUT2D eigenvalue weighted by Crippen LogP contribution is -1.96. The molecule has 1 aromatic rings. The molecule has 0 unspecified atom stereocenters. The first kappa shape index (κ1) is 15.8. The summed E-state index contributed by atoms with van der Waals surface area (Å²) in [5.74, 6) is 1.00. The van der Waals surface area contributed by atoms with E-state index in [0.29, 0.717) is 0 Å². The van der Waals surface area contributed by atoms with Gasteiger partial charge in [0.25, 0.3) is 0 Å². The van der Waals surface area contributed by atoms with Gasteiger partial charge in [0.15, 0.2) is 0 Å². The van der Waals surface area contributed by atoms with Crippen molar-refractivity contribution in [3.8, 4) is 5.75 Å². The van der Waals surface area contributed by atoms with E-state index in [2.05, 4.69) is 37.8 Å². The molecule has 19 heavy (non-hydrogen) atoms. The average Bonchev–Trinajstić information content (AvgIpc) is 2.44. The summed E-state index contributed by atoms with van der Waals surface area (Å²) in [6.45, 7) is 6.76. The Morgan fingerprint density at radius 3 is 2.42 bits per heavy atom. The molecular weight excluding hydrogens is 232 g/mol. The average molecular weight is 260 g/mol. The van der Waals surface area contributed by atoms with Crippen LogP contribution in [0.3, 0.4) is 0 Å². The monoisotopic (exact) mass is 260 g/mol. The van der Waals surface area contributed by atoms with Crippen LogP contribution in [0.25, 0.3) is 0 Å². The maximum Gasteiger partial charge on any atom is 0.119 e. The Hall–Kier alpha value is -1.24. The zero-order chi connectivity index (χ0) is 13.8. The Bertz CT molecular complexity index is 326. The molecule has 0 spiro atoms. The number of rotatable bonds is 11. The molecule has 0 amide bonds. The fraction of sp³-hybridized carbons (Fsp3) is 0.556. The smallest absolute Gasteiger partial charge is 0.119 e. The van der Waals surface area contributed by atoms with E-state index in [-0.39, 0.29) is 0 Å². The van der Waals surface area contributed by atoms with Crippen LogP contribution in [0, 0.1) is 0 Å². The van der Waals surface area contributed by atoms with Crippen molar-refractivity contribution in [1.29, 1.82) is 0 Å². The molecule has 0 atom stereocenters. The number of benzene rings is 1. The van der Waals surface area contributed by atoms with Crippen molar-refractivity contribution in [3.05, 3.63) is 42.5 Å². The van der Waals surface area contributed by atoms with E-state index >= 15 is 0 Å². The highest BCUT2D eigenvalue weighted by Crippen LogP contribution is 2.15. The second-order valence-corrected chi connectivity index (χ2v) is 5.09. The van der Waals surface area contributed by atoms with Gasteiger partial charge >= 0.3 is 0 Å². The number of hydrogen-bond acceptors (Lipinski definition) is 1. The van der Waals surface area contributed by atoms with Crippen molar-refractivity contribution in [1.82, 2.24) is 0 Å². The highest BCUT2D eigenvalue weighted by Gasteiger charge is 1.96. The van der Waals surface area contributed by atoms with Gasteiger partial charge in [-0.1, -0.05) is 44.4 Å². The fourth-order valence-electron chi connectivity index (χ4n) is 2.06. The number of hydrogen-bond donors (Lipinski definition) is 0. The lowest BCUT2D eigenvalue weighted by Gasteiger charge is -2.06. The Labute approximate surface area is 118 Å². The molecule has 0 bridgehead atoms. The van der Waals surface area contributed by atoms with Gasteiger partial charge in [0.05, 0.1) is 6.61 Å². The van der Waals surface area contributed by atoms with Crippen LogP contribution in [0.5, 0.6) is 5.75 Å². The molecule has 1 rings (SSSR count). The normalized spacial score (nSPS) is 10.4. The zero-order valence-electron chi connectivity index (χ0n) is 12.4. The van der Waals surface area contributed by atoms with E-state index in [1.54, 1.807) is 0 Å². The second kappa shape index (κ2) is 10.7. The van der Waals surface area contributed by atoms with E-state index in [1.807, 2.05) is 6.08 Å². The predicted octanol–water partition coefficient (Wildman–Crippen LogP) is 5.54. The van der Waals surface area contributed by atoms with Gasteiger partial charge in [0, 0.05) is 0 Å². The fourth-order valence-corrected chi connectivity index (χ4v) is 2.06. The SMILES string of the molecule is C=CCCCCCCc1ccc(OCCCC)cc1. The third-order valence-corrected chi connectivity index (χ3v) is 3.31. The van der Waals surface area contributed by atoms with E-state index < -0.39 is 0 Å². The summed E-state index contributed by atoms with van der Waals surface area (Å²) in [4.78, 5) is 0. The van der Waals surface area contributed by atoms with Crippen molar-refractivity contribution in [3.63, 3.8) is 0 Å². The molecule has 0 saturated heterocycles. The van der Waals surface area contributed by atoms with Crippen LogP contribution in [0.15, 0.2) is 36.9 Å². The van der Waals surface area contributed by atoms with Gasteiger partial charge in [-0.05, 0) is 49.8 Å². The van der Waals surface area contributed by atoms with E-state index in [0.717, 1.165) is 25.2 Å². The van der Waals surface area contributed by atoms with Crippen molar-refractivity contribution in [2.45, 2.75) is 58.3 Å². The predicted molar refractivity (Wildman–Crippen MR) is 83.8 cm³/mol. The molecule has 0 aromatic heterocycles. The van der Waals surface area contributed by atoms with E-state index in [4.69, 9.17) is 4.74 Å². The highest BCUT2D eigenvalue weighted by atomic mass is 16.5. The molecule has 0 N–H and O–H groups in total. The molecule has 0 saturated carbocycles. The molecule has 0 aliphatic carbocycles. The van der Waals surface area contributed by atoms with Gasteiger partial charge in [-0.15, -0.1) is 6.58 Å². The Morgan fingerprint density at radius 1 is 1.00 bits per heavy atom. The topological polar surface area (TPSA) is 9.23 Å². The third-order valence-electron chi connectivity index (χ3n) is 3.31. The maximum atomic E-state index is 5.66. The summed E-state index contributed by atoms with van der Waals surface area (Å²) in [6.07, 6.45) is 11.9. The largest absolute Gasteiger partial charge is 0.494 e. The summed E-state index contributed by atoms with van der Waals surface area (Å²) >= 11 is 0. The number of allylic oxidation sites excluding steroid dienone is 1. The minimum absolute atomic E-state index is 0.832. The standard InChI is InChI=1S/C18H28O/c1-3-5-7-8-9-10-11-17-12-14-18(15-13-17)19-16-6-4-2/h3,12-15H,1,4-11,16H2,2H3. The minimum Gasteiger partial charge on any atom is -0.494 e.